The van der Waals surface area contributed by atoms with Gasteiger partial charge in [-0.25, -0.2) is 0 Å². The lowest BCUT2D eigenvalue weighted by Crippen LogP contribution is -2.46. The van der Waals surface area contributed by atoms with Crippen LogP contribution in [0.15, 0.2) is 66.7 Å². The summed E-state index contributed by atoms with van der Waals surface area (Å²) >= 11 is 0. The molecule has 0 spiro atoms. The van der Waals surface area contributed by atoms with Crippen LogP contribution in [0.5, 0.6) is 5.75 Å². The Morgan fingerprint density at radius 1 is 1.12 bits per heavy atom. The van der Waals surface area contributed by atoms with Crippen LogP contribution in [-0.2, 0) is 4.74 Å². The highest BCUT2D eigenvalue weighted by atomic mass is 16.6. The Morgan fingerprint density at radius 2 is 1.85 bits per heavy atom. The lowest BCUT2D eigenvalue weighted by atomic mass is 9.79. The maximum absolute atomic E-state index is 10.1. The summed E-state index contributed by atoms with van der Waals surface area (Å²) in [6, 6.07) is 23.9. The minimum atomic E-state index is -1.51. The largest absolute Gasteiger partial charge is 0.478 e. The summed E-state index contributed by atoms with van der Waals surface area (Å²) in [5, 5.41) is 20.5. The number of ether oxygens (including phenoxy) is 2. The zero-order chi connectivity index (χ0) is 18.1. The van der Waals surface area contributed by atoms with Crippen LogP contribution < -0.4 is 4.74 Å². The SMILES string of the molecule is CCOC(=N)C1(C#N)Oc2c(ccc3ccccc23)C1c1ccccc1. The predicted octanol–water partition coefficient (Wildman–Crippen LogP) is 4.64. The molecule has 4 heteroatoms. The molecule has 128 valence electrons. The van der Waals surface area contributed by atoms with Gasteiger partial charge in [-0.3, -0.25) is 5.41 Å². The molecule has 0 amide bonds. The van der Waals surface area contributed by atoms with E-state index in [-0.39, 0.29) is 5.90 Å². The molecule has 0 saturated heterocycles. The molecule has 4 nitrogen and oxygen atoms in total. The normalized spacial score (nSPS) is 20.8. The van der Waals surface area contributed by atoms with Crippen LogP contribution in [0.2, 0.25) is 0 Å². The molecule has 0 aromatic heterocycles. The molecule has 26 heavy (non-hydrogen) atoms. The van der Waals surface area contributed by atoms with Crippen molar-refractivity contribution in [3.05, 3.63) is 77.9 Å². The summed E-state index contributed by atoms with van der Waals surface area (Å²) in [4.78, 5) is 0. The molecule has 2 atom stereocenters. The maximum atomic E-state index is 10.1. The molecular weight excluding hydrogens is 324 g/mol. The fourth-order valence-electron chi connectivity index (χ4n) is 3.67. The van der Waals surface area contributed by atoms with Crippen LogP contribution in [0.3, 0.4) is 0 Å². The number of hydrogen-bond donors (Lipinski definition) is 1. The van der Waals surface area contributed by atoms with Gasteiger partial charge in [0.25, 0.3) is 5.60 Å². The van der Waals surface area contributed by atoms with E-state index < -0.39 is 11.5 Å². The predicted molar refractivity (Wildman–Crippen MR) is 101 cm³/mol. The molecule has 3 aromatic carbocycles. The van der Waals surface area contributed by atoms with Crippen molar-refractivity contribution in [2.24, 2.45) is 0 Å². The average molecular weight is 342 g/mol. The van der Waals surface area contributed by atoms with Crippen molar-refractivity contribution in [2.45, 2.75) is 18.4 Å². The van der Waals surface area contributed by atoms with Crippen molar-refractivity contribution in [3.8, 4) is 11.8 Å². The number of nitrogens with zero attached hydrogens (tertiary/aromatic N) is 1. The summed E-state index contributed by atoms with van der Waals surface area (Å²) < 4.78 is 11.7. The van der Waals surface area contributed by atoms with E-state index >= 15 is 0 Å². The minimum Gasteiger partial charge on any atom is -0.478 e. The van der Waals surface area contributed by atoms with E-state index in [0.29, 0.717) is 12.4 Å². The van der Waals surface area contributed by atoms with Gasteiger partial charge in [0, 0.05) is 10.9 Å². The number of fused-ring (bicyclic) bond motifs is 3. The van der Waals surface area contributed by atoms with Crippen LogP contribution in [0.4, 0.5) is 0 Å². The number of hydrogen-bond acceptors (Lipinski definition) is 4. The first-order chi connectivity index (χ1) is 12.7. The van der Waals surface area contributed by atoms with Gasteiger partial charge in [-0.15, -0.1) is 0 Å². The molecule has 4 rings (SSSR count). The second-order valence-electron chi connectivity index (χ2n) is 6.26. The van der Waals surface area contributed by atoms with Gasteiger partial charge in [0.05, 0.1) is 12.5 Å². The lowest BCUT2D eigenvalue weighted by Gasteiger charge is -2.28. The molecule has 1 N–H and O–H groups in total. The zero-order valence-corrected chi connectivity index (χ0v) is 14.4. The quantitative estimate of drug-likeness (QED) is 0.557. The summed E-state index contributed by atoms with van der Waals surface area (Å²) in [6.07, 6.45) is 0. The maximum Gasteiger partial charge on any atom is 0.279 e. The van der Waals surface area contributed by atoms with Gasteiger partial charge in [-0.2, -0.15) is 5.26 Å². The fraction of sp³-hybridized carbons (Fsp3) is 0.182. The van der Waals surface area contributed by atoms with Gasteiger partial charge < -0.3 is 9.47 Å². The Bertz CT molecular complexity index is 1020. The fourth-order valence-corrected chi connectivity index (χ4v) is 3.67. The lowest BCUT2D eigenvalue weighted by molar-refractivity contribution is 0.164. The summed E-state index contributed by atoms with van der Waals surface area (Å²) in [5.74, 6) is 0.0759. The number of nitrogens with one attached hydrogen (secondary N) is 1. The Hall–Kier alpha value is -3.32. The highest BCUT2D eigenvalue weighted by Gasteiger charge is 2.55. The van der Waals surface area contributed by atoms with Gasteiger partial charge in [0.1, 0.15) is 11.8 Å². The van der Waals surface area contributed by atoms with Crippen molar-refractivity contribution in [3.63, 3.8) is 0 Å². The second kappa shape index (κ2) is 6.20. The summed E-state index contributed by atoms with van der Waals surface area (Å²) in [6.45, 7) is 2.11. The molecule has 3 aromatic rings. The number of nitriles is 1. The van der Waals surface area contributed by atoms with Crippen molar-refractivity contribution < 1.29 is 9.47 Å². The van der Waals surface area contributed by atoms with Gasteiger partial charge in [0.15, 0.2) is 0 Å². The number of rotatable bonds is 3. The standard InChI is InChI=1S/C22H18N2O2/c1-2-25-21(24)22(14-23)19(16-9-4-3-5-10-16)18-13-12-15-8-6-7-11-17(15)20(18)26-22/h3-13,19,24H,2H2,1H3. The van der Waals surface area contributed by atoms with E-state index in [1.165, 1.54) is 0 Å². The third-order valence-corrected chi connectivity index (χ3v) is 4.82. The van der Waals surface area contributed by atoms with Gasteiger partial charge >= 0.3 is 0 Å². The smallest absolute Gasteiger partial charge is 0.279 e. The van der Waals surface area contributed by atoms with E-state index in [1.54, 1.807) is 6.92 Å². The first kappa shape index (κ1) is 16.2. The average Bonchev–Trinajstić information content (AvgIpc) is 3.05. The molecule has 1 aliphatic heterocycles. The zero-order valence-electron chi connectivity index (χ0n) is 14.4. The second-order valence-corrected chi connectivity index (χ2v) is 6.26. The molecule has 0 aliphatic carbocycles. The van der Waals surface area contributed by atoms with Crippen LogP contribution in [0.1, 0.15) is 24.0 Å². The third-order valence-electron chi connectivity index (χ3n) is 4.82. The Balaban J connectivity index is 1.99. The first-order valence-corrected chi connectivity index (χ1v) is 8.60. The topological polar surface area (TPSA) is 66.1 Å². The van der Waals surface area contributed by atoms with Crippen LogP contribution in [0, 0.1) is 16.7 Å². The van der Waals surface area contributed by atoms with Crippen molar-refractivity contribution >= 4 is 16.7 Å². The van der Waals surface area contributed by atoms with E-state index in [1.807, 2.05) is 66.7 Å². The highest BCUT2D eigenvalue weighted by Crippen LogP contribution is 2.51. The molecule has 0 saturated carbocycles. The van der Waals surface area contributed by atoms with Gasteiger partial charge in [-0.05, 0) is 17.9 Å². The molecule has 1 heterocycles. The Morgan fingerprint density at radius 3 is 2.58 bits per heavy atom. The monoisotopic (exact) mass is 342 g/mol. The molecule has 1 aliphatic rings. The highest BCUT2D eigenvalue weighted by molar-refractivity contribution is 5.96. The molecule has 2 unspecified atom stereocenters. The Labute approximate surface area is 152 Å². The van der Waals surface area contributed by atoms with Crippen molar-refractivity contribution in [1.29, 1.82) is 10.7 Å². The van der Waals surface area contributed by atoms with Crippen LogP contribution in [-0.4, -0.2) is 18.1 Å². The van der Waals surface area contributed by atoms with Crippen LogP contribution >= 0.6 is 0 Å². The molecular formula is C22H18N2O2. The van der Waals surface area contributed by atoms with Gasteiger partial charge in [-0.1, -0.05) is 66.7 Å². The summed E-state index contributed by atoms with van der Waals surface area (Å²) in [5.41, 5.74) is 0.317. The van der Waals surface area contributed by atoms with Gasteiger partial charge in [0.2, 0.25) is 5.90 Å². The van der Waals surface area contributed by atoms with Crippen molar-refractivity contribution in [1.82, 2.24) is 0 Å². The molecule has 0 fully saturated rings. The first-order valence-electron chi connectivity index (χ1n) is 8.60. The van der Waals surface area contributed by atoms with E-state index in [9.17, 15) is 5.26 Å². The molecule has 0 radical (unpaired) electrons. The van der Waals surface area contributed by atoms with Crippen LogP contribution in [0.25, 0.3) is 10.8 Å². The Kier molecular flexibility index (Phi) is 3.85. The van der Waals surface area contributed by atoms with Crippen molar-refractivity contribution in [2.75, 3.05) is 6.61 Å². The summed E-state index contributed by atoms with van der Waals surface area (Å²) in [7, 11) is 0. The molecule has 0 bridgehead atoms. The van der Waals surface area contributed by atoms with E-state index in [4.69, 9.17) is 14.9 Å². The number of benzene rings is 3. The van der Waals surface area contributed by atoms with E-state index in [2.05, 4.69) is 6.07 Å². The third kappa shape index (κ3) is 2.25. The van der Waals surface area contributed by atoms with E-state index in [0.717, 1.165) is 21.9 Å². The minimum absolute atomic E-state index is 0.156.